The molecule has 0 fully saturated rings. The lowest BCUT2D eigenvalue weighted by Gasteiger charge is -2.30. The van der Waals surface area contributed by atoms with Crippen LogP contribution in [0.4, 0.5) is 0 Å². The highest BCUT2D eigenvalue weighted by atomic mass is 31.2. The molecule has 9 nitrogen and oxygen atoms in total. The monoisotopic (exact) mass is 1180 g/mol. The molecule has 0 saturated carbocycles. The van der Waals surface area contributed by atoms with Crippen LogP contribution in [0.25, 0.3) is 0 Å². The van der Waals surface area contributed by atoms with Gasteiger partial charge in [0.25, 0.3) is 7.82 Å². The van der Waals surface area contributed by atoms with E-state index < -0.39 is 26.6 Å². The molecular formula is C73H129N2O7P. The van der Waals surface area contributed by atoms with Crippen LogP contribution in [0.2, 0.25) is 0 Å². The van der Waals surface area contributed by atoms with Gasteiger partial charge in [-0.05, 0) is 115 Å². The van der Waals surface area contributed by atoms with Crippen LogP contribution in [0.3, 0.4) is 0 Å². The number of quaternary nitrogens is 1. The van der Waals surface area contributed by atoms with Crippen LogP contribution < -0.4 is 10.2 Å². The van der Waals surface area contributed by atoms with Gasteiger partial charge < -0.3 is 28.5 Å². The number of esters is 1. The Morgan fingerprint density at radius 3 is 1.18 bits per heavy atom. The highest BCUT2D eigenvalue weighted by Gasteiger charge is 2.27. The first kappa shape index (κ1) is 79.7. The number of unbranched alkanes of at least 4 members (excludes halogenated alkanes) is 29. The Hall–Kier alpha value is -3.33. The largest absolute Gasteiger partial charge is 0.756 e. The number of allylic oxidation sites excluding steroid dienone is 17. The molecule has 3 unspecified atom stereocenters. The van der Waals surface area contributed by atoms with Gasteiger partial charge in [0, 0.05) is 12.8 Å². The maximum atomic E-state index is 13.6. The second-order valence-corrected chi connectivity index (χ2v) is 25.4. The van der Waals surface area contributed by atoms with Crippen LogP contribution in [0.5, 0.6) is 0 Å². The Bertz CT molecular complexity index is 1790. The number of likely N-dealkylation sites (N-methyl/N-ethyl adjacent to an activating group) is 1. The standard InChI is InChI=1S/C73H129N2O7P/c1-7-10-13-16-19-22-25-28-30-32-34-36-37-39-40-42-44-47-50-53-56-59-62-65-72(76)74-70(69-81-83(78,79)80-68-67-75(4,5)6)71(64-61-58-55-52-49-46-27-24-21-18-15-12-9-3)82-73(77)66-63-60-57-54-51-48-45-43-41-38-35-33-31-29-26-23-20-17-14-11-8-2/h11,14,19-20,22-23,28-31,34-36,38,43,45,61,64,70-71H,7-10,12-13,15-18,21,24-27,32-33,37,39-42,44,46-60,62-63,65-69H2,1-6H3,(H-,74,76,78,79)/b14-11-,22-19-,23-20-,30-28-,31-29-,36-34-,38-35-,45-43-,64-61+. The molecule has 0 bridgehead atoms. The molecule has 83 heavy (non-hydrogen) atoms. The number of carbonyl (C=O) groups is 2. The summed E-state index contributed by atoms with van der Waals surface area (Å²) in [6, 6.07) is -0.907. The number of ether oxygens (including phenoxy) is 1. The van der Waals surface area contributed by atoms with Crippen molar-refractivity contribution in [3.8, 4) is 0 Å². The fraction of sp³-hybridized carbons (Fsp3) is 0.726. The van der Waals surface area contributed by atoms with Crippen LogP contribution in [-0.2, 0) is 27.9 Å². The van der Waals surface area contributed by atoms with Crippen molar-refractivity contribution in [1.82, 2.24) is 5.32 Å². The summed E-state index contributed by atoms with van der Waals surface area (Å²) < 4.78 is 30.4. The molecule has 0 aliphatic carbocycles. The summed E-state index contributed by atoms with van der Waals surface area (Å²) >= 11 is 0. The number of nitrogens with zero attached hydrogens (tertiary/aromatic N) is 1. The third-order valence-corrected chi connectivity index (χ3v) is 15.7. The second kappa shape index (κ2) is 61.7. The molecule has 1 N–H and O–H groups in total. The lowest BCUT2D eigenvalue weighted by atomic mass is 10.0. The fourth-order valence-corrected chi connectivity index (χ4v) is 10.2. The lowest BCUT2D eigenvalue weighted by Crippen LogP contribution is -2.47. The summed E-state index contributed by atoms with van der Waals surface area (Å²) in [5.41, 5.74) is 0. The van der Waals surface area contributed by atoms with Crippen molar-refractivity contribution < 1.29 is 37.3 Å². The molecule has 0 aliphatic rings. The summed E-state index contributed by atoms with van der Waals surface area (Å²) in [6.45, 7) is 6.70. The van der Waals surface area contributed by atoms with Crippen LogP contribution in [0, 0.1) is 0 Å². The maximum absolute atomic E-state index is 13.6. The Morgan fingerprint density at radius 2 is 0.771 bits per heavy atom. The number of amides is 1. The molecule has 0 saturated heterocycles. The normalized spacial score (nSPS) is 14.3. The minimum atomic E-state index is -4.72. The number of rotatable bonds is 61. The number of hydrogen-bond donors (Lipinski definition) is 1. The van der Waals surface area contributed by atoms with Crippen LogP contribution in [0.1, 0.15) is 290 Å². The Kier molecular flexibility index (Phi) is 59.3. The molecule has 0 heterocycles. The van der Waals surface area contributed by atoms with E-state index in [9.17, 15) is 19.0 Å². The first-order valence-corrected chi connectivity index (χ1v) is 35.7. The predicted molar refractivity (Wildman–Crippen MR) is 357 cm³/mol. The first-order valence-electron chi connectivity index (χ1n) is 34.2. The zero-order chi connectivity index (χ0) is 60.7. The summed E-state index contributed by atoms with van der Waals surface area (Å²) in [7, 11) is 1.16. The van der Waals surface area contributed by atoms with E-state index in [-0.39, 0.29) is 24.9 Å². The molecule has 0 spiro atoms. The number of carbonyl (C=O) groups excluding carboxylic acids is 2. The Labute approximate surface area is 512 Å². The van der Waals surface area contributed by atoms with E-state index in [4.69, 9.17) is 13.8 Å². The summed E-state index contributed by atoms with van der Waals surface area (Å²) in [6.07, 6.45) is 84.8. The quantitative estimate of drug-likeness (QED) is 0.0212. The average Bonchev–Trinajstić information content (AvgIpc) is 3.47. The predicted octanol–water partition coefficient (Wildman–Crippen LogP) is 21.0. The van der Waals surface area contributed by atoms with Gasteiger partial charge in [-0.2, -0.15) is 0 Å². The van der Waals surface area contributed by atoms with Crippen molar-refractivity contribution in [3.05, 3.63) is 109 Å². The smallest absolute Gasteiger partial charge is 0.306 e. The van der Waals surface area contributed by atoms with Gasteiger partial charge in [0.2, 0.25) is 5.91 Å². The van der Waals surface area contributed by atoms with Gasteiger partial charge in [-0.3, -0.25) is 14.2 Å². The second-order valence-electron chi connectivity index (χ2n) is 23.9. The van der Waals surface area contributed by atoms with Crippen molar-refractivity contribution in [3.63, 3.8) is 0 Å². The Balaban J connectivity index is 5.22. The van der Waals surface area contributed by atoms with Gasteiger partial charge in [0.1, 0.15) is 19.3 Å². The van der Waals surface area contributed by atoms with E-state index in [0.717, 1.165) is 128 Å². The molecule has 1 amide bonds. The molecule has 3 atom stereocenters. The number of hydrogen-bond acceptors (Lipinski definition) is 7. The number of nitrogens with one attached hydrogen (secondary N) is 1. The molecule has 0 aliphatic heterocycles. The summed E-state index contributed by atoms with van der Waals surface area (Å²) in [5.74, 6) is -0.568. The average molecular weight is 1180 g/mol. The molecule has 478 valence electrons. The van der Waals surface area contributed by atoms with E-state index >= 15 is 0 Å². The van der Waals surface area contributed by atoms with Gasteiger partial charge >= 0.3 is 5.97 Å². The molecule has 0 rings (SSSR count). The van der Waals surface area contributed by atoms with Crippen LogP contribution >= 0.6 is 7.82 Å². The van der Waals surface area contributed by atoms with Crippen molar-refractivity contribution in [2.24, 2.45) is 0 Å². The van der Waals surface area contributed by atoms with Gasteiger partial charge in [0.15, 0.2) is 0 Å². The first-order chi connectivity index (χ1) is 40.4. The molecular weight excluding hydrogens is 1050 g/mol. The zero-order valence-electron chi connectivity index (χ0n) is 54.6. The van der Waals surface area contributed by atoms with E-state index in [1.165, 1.54) is 122 Å². The van der Waals surface area contributed by atoms with E-state index in [0.29, 0.717) is 23.9 Å². The van der Waals surface area contributed by atoms with E-state index in [1.807, 2.05) is 33.3 Å². The zero-order valence-corrected chi connectivity index (χ0v) is 55.5. The topological polar surface area (TPSA) is 114 Å². The highest BCUT2D eigenvalue weighted by molar-refractivity contribution is 7.45. The van der Waals surface area contributed by atoms with Crippen molar-refractivity contribution >= 4 is 19.7 Å². The summed E-state index contributed by atoms with van der Waals surface area (Å²) in [5, 5.41) is 3.03. The summed E-state index contributed by atoms with van der Waals surface area (Å²) in [4.78, 5) is 40.2. The molecule has 0 aromatic carbocycles. The third-order valence-electron chi connectivity index (χ3n) is 14.7. The van der Waals surface area contributed by atoms with Crippen LogP contribution in [-0.4, -0.2) is 69.4 Å². The van der Waals surface area contributed by atoms with Gasteiger partial charge in [0.05, 0.1) is 33.8 Å². The van der Waals surface area contributed by atoms with Crippen molar-refractivity contribution in [2.45, 2.75) is 303 Å². The van der Waals surface area contributed by atoms with Gasteiger partial charge in [-0.25, -0.2) is 0 Å². The van der Waals surface area contributed by atoms with Crippen LogP contribution in [0.15, 0.2) is 109 Å². The van der Waals surface area contributed by atoms with Gasteiger partial charge in [-0.1, -0.05) is 272 Å². The minimum Gasteiger partial charge on any atom is -0.756 e. The molecule has 0 aromatic rings. The van der Waals surface area contributed by atoms with E-state index in [1.54, 1.807) is 0 Å². The molecule has 0 radical (unpaired) electrons. The lowest BCUT2D eigenvalue weighted by molar-refractivity contribution is -0.870. The fourth-order valence-electron chi connectivity index (χ4n) is 9.44. The minimum absolute atomic E-state index is 0.0314. The Morgan fingerprint density at radius 1 is 0.434 bits per heavy atom. The number of phosphoric acid groups is 1. The molecule has 10 heteroatoms. The van der Waals surface area contributed by atoms with Gasteiger partial charge in [-0.15, -0.1) is 0 Å². The van der Waals surface area contributed by atoms with E-state index in [2.05, 4.69) is 123 Å². The van der Waals surface area contributed by atoms with Crippen molar-refractivity contribution in [2.75, 3.05) is 40.9 Å². The number of phosphoric ester groups is 1. The SMILES string of the molecule is CC/C=C\C/C=C\C/C=C\C/C=C\C/C=C\CCCCCCCC(=O)OC(/C=C/CCCCCCCCCCCCC)C(COP(=O)([O-])OCC[N+](C)(C)C)NC(=O)CCCCCCCCCCCC/C=C\C/C=C\C/C=C\CCCCC. The molecule has 0 aromatic heterocycles. The highest BCUT2D eigenvalue weighted by Crippen LogP contribution is 2.38. The maximum Gasteiger partial charge on any atom is 0.306 e. The van der Waals surface area contributed by atoms with Crippen molar-refractivity contribution in [1.29, 1.82) is 0 Å². The third kappa shape index (κ3) is 63.0.